The Morgan fingerprint density at radius 3 is 2.36 bits per heavy atom. The van der Waals surface area contributed by atoms with Crippen LogP contribution in [-0.2, 0) is 16.1 Å². The minimum Gasteiger partial charge on any atom is -0.351 e. The molecular formula is C17H26Cl2N4O2. The fraction of sp³-hybridized carbons (Fsp3) is 0.529. The summed E-state index contributed by atoms with van der Waals surface area (Å²) in [6.45, 7) is 5.53. The summed E-state index contributed by atoms with van der Waals surface area (Å²) in [5.74, 6) is 0.257. The van der Waals surface area contributed by atoms with Gasteiger partial charge >= 0.3 is 0 Å². The van der Waals surface area contributed by atoms with E-state index < -0.39 is 0 Å². The Morgan fingerprint density at radius 2 is 1.76 bits per heavy atom. The molecule has 6 nitrogen and oxygen atoms in total. The van der Waals surface area contributed by atoms with Crippen LogP contribution in [0.3, 0.4) is 0 Å². The standard InChI is InChI=1S/C17H24N4O2.2ClH/c22-16(13-20-10-7-18-8-11-20)19-12-14-3-5-15(6-4-14)21-9-1-2-17(21)23;;/h3-6,18H,1-2,7-13H2,(H,19,22);2*1H. The van der Waals surface area contributed by atoms with Crippen LogP contribution in [0, 0.1) is 0 Å². The summed E-state index contributed by atoms with van der Waals surface area (Å²) in [5.41, 5.74) is 2.00. The Labute approximate surface area is 161 Å². The third-order valence-corrected chi connectivity index (χ3v) is 4.39. The summed E-state index contributed by atoms with van der Waals surface area (Å²) in [5, 5.41) is 6.24. The molecule has 2 aliphatic heterocycles. The quantitative estimate of drug-likeness (QED) is 0.794. The smallest absolute Gasteiger partial charge is 0.234 e. The topological polar surface area (TPSA) is 64.7 Å². The second-order valence-corrected chi connectivity index (χ2v) is 6.12. The molecule has 0 spiro atoms. The number of benzene rings is 1. The van der Waals surface area contributed by atoms with Crippen molar-refractivity contribution in [1.29, 1.82) is 0 Å². The van der Waals surface area contributed by atoms with E-state index in [1.54, 1.807) is 0 Å². The lowest BCUT2D eigenvalue weighted by molar-refractivity contribution is -0.122. The van der Waals surface area contributed by atoms with E-state index in [1.807, 2.05) is 29.2 Å². The van der Waals surface area contributed by atoms with Gasteiger partial charge in [-0.05, 0) is 24.1 Å². The number of halogens is 2. The zero-order valence-corrected chi connectivity index (χ0v) is 15.8. The van der Waals surface area contributed by atoms with Crippen LogP contribution in [0.25, 0.3) is 0 Å². The van der Waals surface area contributed by atoms with E-state index in [0.29, 0.717) is 19.5 Å². The maximum absolute atomic E-state index is 12.0. The van der Waals surface area contributed by atoms with Crippen molar-refractivity contribution in [3.8, 4) is 0 Å². The molecule has 0 unspecified atom stereocenters. The molecule has 0 radical (unpaired) electrons. The number of rotatable bonds is 5. The maximum Gasteiger partial charge on any atom is 0.234 e. The SMILES string of the molecule is Cl.Cl.O=C(CN1CCNCC1)NCc1ccc(N2CCCC2=O)cc1. The highest BCUT2D eigenvalue weighted by Gasteiger charge is 2.21. The molecule has 2 amide bonds. The first-order chi connectivity index (χ1) is 11.2. The van der Waals surface area contributed by atoms with Gasteiger partial charge in [0.05, 0.1) is 6.54 Å². The van der Waals surface area contributed by atoms with E-state index in [2.05, 4.69) is 15.5 Å². The molecule has 25 heavy (non-hydrogen) atoms. The van der Waals surface area contributed by atoms with Gasteiger partial charge in [0.2, 0.25) is 11.8 Å². The number of amides is 2. The molecule has 0 saturated carbocycles. The molecule has 2 aliphatic rings. The van der Waals surface area contributed by atoms with E-state index in [1.165, 1.54) is 0 Å². The number of nitrogens with one attached hydrogen (secondary N) is 2. The molecule has 2 saturated heterocycles. The fourth-order valence-electron chi connectivity index (χ4n) is 3.04. The number of carbonyl (C=O) groups excluding carboxylic acids is 2. The molecule has 2 N–H and O–H groups in total. The van der Waals surface area contributed by atoms with Crippen molar-refractivity contribution in [2.45, 2.75) is 19.4 Å². The number of anilines is 1. The van der Waals surface area contributed by atoms with Crippen LogP contribution in [0.5, 0.6) is 0 Å². The predicted octanol–water partition coefficient (Wildman–Crippen LogP) is 1.18. The molecule has 0 aliphatic carbocycles. The van der Waals surface area contributed by atoms with Crippen molar-refractivity contribution < 1.29 is 9.59 Å². The Kier molecular flexibility index (Phi) is 9.21. The van der Waals surface area contributed by atoms with Gasteiger partial charge in [0, 0.05) is 51.4 Å². The van der Waals surface area contributed by atoms with Gasteiger partial charge < -0.3 is 15.5 Å². The van der Waals surface area contributed by atoms with E-state index in [0.717, 1.165) is 50.4 Å². The van der Waals surface area contributed by atoms with E-state index >= 15 is 0 Å². The molecule has 0 aromatic heterocycles. The van der Waals surface area contributed by atoms with Crippen molar-refractivity contribution in [2.24, 2.45) is 0 Å². The first-order valence-electron chi connectivity index (χ1n) is 8.31. The third kappa shape index (κ3) is 6.15. The van der Waals surface area contributed by atoms with Crippen LogP contribution in [0.4, 0.5) is 5.69 Å². The Hall–Kier alpha value is -1.34. The Balaban J connectivity index is 0.00000156. The molecule has 0 bridgehead atoms. The van der Waals surface area contributed by atoms with E-state index in [-0.39, 0.29) is 36.6 Å². The summed E-state index contributed by atoms with van der Waals surface area (Å²) in [6, 6.07) is 7.88. The summed E-state index contributed by atoms with van der Waals surface area (Å²) in [4.78, 5) is 27.7. The molecule has 3 rings (SSSR count). The molecule has 8 heteroatoms. The second kappa shape index (κ2) is 10.6. The zero-order valence-electron chi connectivity index (χ0n) is 14.2. The third-order valence-electron chi connectivity index (χ3n) is 4.39. The summed E-state index contributed by atoms with van der Waals surface area (Å²) in [6.07, 6.45) is 1.58. The maximum atomic E-state index is 12.0. The molecule has 1 aromatic carbocycles. The van der Waals surface area contributed by atoms with Crippen molar-refractivity contribution in [1.82, 2.24) is 15.5 Å². The zero-order chi connectivity index (χ0) is 16.1. The van der Waals surface area contributed by atoms with Crippen molar-refractivity contribution in [2.75, 3.05) is 44.2 Å². The lowest BCUT2D eigenvalue weighted by atomic mass is 10.2. The number of piperazine rings is 1. The van der Waals surface area contributed by atoms with Crippen LogP contribution < -0.4 is 15.5 Å². The van der Waals surface area contributed by atoms with Crippen molar-refractivity contribution in [3.05, 3.63) is 29.8 Å². The van der Waals surface area contributed by atoms with Crippen LogP contribution in [0.1, 0.15) is 18.4 Å². The minimum atomic E-state index is 0. The van der Waals surface area contributed by atoms with Gasteiger partial charge in [-0.3, -0.25) is 14.5 Å². The molecular weight excluding hydrogens is 363 g/mol. The summed E-state index contributed by atoms with van der Waals surface area (Å²) >= 11 is 0. The average molecular weight is 389 g/mol. The molecule has 1 aromatic rings. The number of carbonyl (C=O) groups is 2. The lowest BCUT2D eigenvalue weighted by Gasteiger charge is -2.26. The monoisotopic (exact) mass is 388 g/mol. The van der Waals surface area contributed by atoms with Crippen LogP contribution >= 0.6 is 24.8 Å². The first kappa shape index (κ1) is 21.7. The van der Waals surface area contributed by atoms with Crippen LogP contribution in [0.2, 0.25) is 0 Å². The van der Waals surface area contributed by atoms with Gasteiger partial charge in [-0.1, -0.05) is 12.1 Å². The highest BCUT2D eigenvalue weighted by Crippen LogP contribution is 2.21. The largest absolute Gasteiger partial charge is 0.351 e. The number of nitrogens with zero attached hydrogens (tertiary/aromatic N) is 2. The molecule has 0 atom stereocenters. The van der Waals surface area contributed by atoms with Gasteiger partial charge in [0.25, 0.3) is 0 Å². The second-order valence-electron chi connectivity index (χ2n) is 6.12. The van der Waals surface area contributed by atoms with Gasteiger partial charge in [0.1, 0.15) is 0 Å². The fourth-order valence-corrected chi connectivity index (χ4v) is 3.04. The molecule has 140 valence electrons. The molecule has 2 fully saturated rings. The minimum absolute atomic E-state index is 0. The molecule has 2 heterocycles. The van der Waals surface area contributed by atoms with Crippen molar-refractivity contribution in [3.63, 3.8) is 0 Å². The number of hydrogen-bond donors (Lipinski definition) is 2. The van der Waals surface area contributed by atoms with Gasteiger partial charge in [0.15, 0.2) is 0 Å². The van der Waals surface area contributed by atoms with E-state index in [9.17, 15) is 9.59 Å². The Morgan fingerprint density at radius 1 is 1.08 bits per heavy atom. The Bertz CT molecular complexity index is 562. The highest BCUT2D eigenvalue weighted by atomic mass is 35.5. The van der Waals surface area contributed by atoms with Gasteiger partial charge in [-0.2, -0.15) is 0 Å². The van der Waals surface area contributed by atoms with E-state index in [4.69, 9.17) is 0 Å². The highest BCUT2D eigenvalue weighted by molar-refractivity contribution is 5.95. The predicted molar refractivity (Wildman–Crippen MR) is 104 cm³/mol. The lowest BCUT2D eigenvalue weighted by Crippen LogP contribution is -2.47. The normalized spacial score (nSPS) is 17.6. The number of hydrogen-bond acceptors (Lipinski definition) is 4. The summed E-state index contributed by atoms with van der Waals surface area (Å²) < 4.78 is 0. The summed E-state index contributed by atoms with van der Waals surface area (Å²) in [7, 11) is 0. The van der Waals surface area contributed by atoms with Gasteiger partial charge in [-0.15, -0.1) is 24.8 Å². The first-order valence-corrected chi connectivity index (χ1v) is 8.31. The van der Waals surface area contributed by atoms with Gasteiger partial charge in [-0.25, -0.2) is 0 Å². The average Bonchev–Trinajstić information content (AvgIpc) is 3.00. The van der Waals surface area contributed by atoms with Crippen LogP contribution in [-0.4, -0.2) is 56.0 Å². The van der Waals surface area contributed by atoms with Crippen LogP contribution in [0.15, 0.2) is 24.3 Å². The van der Waals surface area contributed by atoms with Crippen molar-refractivity contribution >= 4 is 42.3 Å².